The van der Waals surface area contributed by atoms with E-state index in [1.165, 1.54) is 0 Å². The highest BCUT2D eigenvalue weighted by atomic mass is 32.1. The van der Waals surface area contributed by atoms with Gasteiger partial charge in [0.2, 0.25) is 0 Å². The number of amides is 2. The zero-order valence-corrected chi connectivity index (χ0v) is 11.9. The molecule has 1 aromatic heterocycles. The molecule has 1 fully saturated rings. The quantitative estimate of drug-likeness (QED) is 0.908. The lowest BCUT2D eigenvalue weighted by atomic mass is 10.2. The number of fused-ring (bicyclic) bond motifs is 1. The Balaban J connectivity index is 1.47. The van der Waals surface area contributed by atoms with E-state index >= 15 is 0 Å². The molecule has 0 spiro atoms. The van der Waals surface area contributed by atoms with Crippen molar-refractivity contribution in [2.45, 2.75) is 25.5 Å². The monoisotopic (exact) mass is 291 g/mol. The molecule has 0 radical (unpaired) electrons. The first-order chi connectivity index (χ1) is 9.81. The van der Waals surface area contributed by atoms with Crippen molar-refractivity contribution in [2.75, 3.05) is 13.2 Å². The summed E-state index contributed by atoms with van der Waals surface area (Å²) in [5, 5.41) is 6.57. The number of nitrogens with one attached hydrogen (secondary N) is 2. The van der Waals surface area contributed by atoms with Gasteiger partial charge in [0.25, 0.3) is 0 Å². The molecule has 2 heterocycles. The van der Waals surface area contributed by atoms with Crippen molar-refractivity contribution in [1.82, 2.24) is 15.6 Å². The molecule has 1 aliphatic rings. The summed E-state index contributed by atoms with van der Waals surface area (Å²) in [6.07, 6.45) is 2.28. The van der Waals surface area contributed by atoms with E-state index in [0.717, 1.165) is 34.7 Å². The highest BCUT2D eigenvalue weighted by Gasteiger charge is 2.16. The van der Waals surface area contributed by atoms with Gasteiger partial charge in [0.1, 0.15) is 5.01 Å². The van der Waals surface area contributed by atoms with E-state index in [0.29, 0.717) is 13.1 Å². The predicted molar refractivity (Wildman–Crippen MR) is 78.8 cm³/mol. The van der Waals surface area contributed by atoms with Crippen LogP contribution in [0, 0.1) is 0 Å². The van der Waals surface area contributed by atoms with Gasteiger partial charge in [-0.3, -0.25) is 0 Å². The SMILES string of the molecule is O=C(NCc1nc2ccccc2s1)NC[C@@H]1CCCO1. The number of urea groups is 1. The van der Waals surface area contributed by atoms with Gasteiger partial charge in [-0.15, -0.1) is 11.3 Å². The van der Waals surface area contributed by atoms with E-state index < -0.39 is 0 Å². The van der Waals surface area contributed by atoms with Crippen molar-refractivity contribution in [3.63, 3.8) is 0 Å². The lowest BCUT2D eigenvalue weighted by molar-refractivity contribution is 0.111. The molecule has 0 aliphatic carbocycles. The van der Waals surface area contributed by atoms with Crippen LogP contribution in [0.1, 0.15) is 17.8 Å². The van der Waals surface area contributed by atoms with Crippen molar-refractivity contribution in [2.24, 2.45) is 0 Å². The second-order valence-corrected chi connectivity index (χ2v) is 5.89. The number of para-hydroxylation sites is 1. The molecule has 0 unspecified atom stereocenters. The third-order valence-electron chi connectivity index (χ3n) is 3.25. The second kappa shape index (κ2) is 6.19. The predicted octanol–water partition coefficient (Wildman–Crippen LogP) is 2.27. The first-order valence-electron chi connectivity index (χ1n) is 6.79. The molecule has 106 valence electrons. The average Bonchev–Trinajstić information content (AvgIpc) is 3.11. The number of carbonyl (C=O) groups excluding carboxylic acids is 1. The maximum absolute atomic E-state index is 11.7. The van der Waals surface area contributed by atoms with Gasteiger partial charge in [-0.05, 0) is 25.0 Å². The van der Waals surface area contributed by atoms with Gasteiger partial charge in [-0.2, -0.15) is 0 Å². The number of hydrogen-bond acceptors (Lipinski definition) is 4. The number of nitrogens with zero attached hydrogens (tertiary/aromatic N) is 1. The Morgan fingerprint density at radius 3 is 3.10 bits per heavy atom. The molecule has 0 bridgehead atoms. The van der Waals surface area contributed by atoms with Gasteiger partial charge in [0.05, 0.1) is 22.9 Å². The maximum atomic E-state index is 11.7. The van der Waals surface area contributed by atoms with Gasteiger partial charge in [-0.25, -0.2) is 9.78 Å². The molecule has 1 aromatic carbocycles. The Labute approximate surface area is 121 Å². The molecule has 3 rings (SSSR count). The van der Waals surface area contributed by atoms with Gasteiger partial charge in [0, 0.05) is 13.2 Å². The van der Waals surface area contributed by atoms with Crippen LogP contribution in [0.2, 0.25) is 0 Å². The van der Waals surface area contributed by atoms with E-state index in [9.17, 15) is 4.79 Å². The summed E-state index contributed by atoms with van der Waals surface area (Å²) in [6.45, 7) is 1.84. The highest BCUT2D eigenvalue weighted by Crippen LogP contribution is 2.21. The molecular weight excluding hydrogens is 274 g/mol. The van der Waals surface area contributed by atoms with E-state index in [2.05, 4.69) is 15.6 Å². The molecule has 1 atom stereocenters. The first-order valence-corrected chi connectivity index (χ1v) is 7.60. The fourth-order valence-corrected chi connectivity index (χ4v) is 3.13. The summed E-state index contributed by atoms with van der Waals surface area (Å²) >= 11 is 1.60. The third kappa shape index (κ3) is 3.26. The van der Waals surface area contributed by atoms with Crippen LogP contribution in [0.25, 0.3) is 10.2 Å². The molecule has 6 heteroatoms. The Morgan fingerprint density at radius 1 is 1.40 bits per heavy atom. The maximum Gasteiger partial charge on any atom is 0.315 e. The van der Waals surface area contributed by atoms with Crippen LogP contribution in [0.5, 0.6) is 0 Å². The smallest absolute Gasteiger partial charge is 0.315 e. The van der Waals surface area contributed by atoms with Crippen molar-refractivity contribution in [1.29, 1.82) is 0 Å². The zero-order valence-electron chi connectivity index (χ0n) is 11.1. The number of hydrogen-bond donors (Lipinski definition) is 2. The van der Waals surface area contributed by atoms with Gasteiger partial charge in [0.15, 0.2) is 0 Å². The summed E-state index contributed by atoms with van der Waals surface area (Å²) in [4.78, 5) is 16.2. The van der Waals surface area contributed by atoms with Crippen molar-refractivity contribution < 1.29 is 9.53 Å². The van der Waals surface area contributed by atoms with Gasteiger partial charge >= 0.3 is 6.03 Å². The summed E-state index contributed by atoms with van der Waals surface area (Å²) in [6, 6.07) is 7.81. The fraction of sp³-hybridized carbons (Fsp3) is 0.429. The molecule has 2 N–H and O–H groups in total. The third-order valence-corrected chi connectivity index (χ3v) is 4.29. The minimum atomic E-state index is -0.167. The zero-order chi connectivity index (χ0) is 13.8. The molecule has 2 amide bonds. The van der Waals surface area contributed by atoms with E-state index in [-0.39, 0.29) is 12.1 Å². The van der Waals surface area contributed by atoms with Gasteiger partial charge < -0.3 is 15.4 Å². The van der Waals surface area contributed by atoms with Crippen LogP contribution in [0.3, 0.4) is 0 Å². The highest BCUT2D eigenvalue weighted by molar-refractivity contribution is 7.18. The standard InChI is InChI=1S/C14H17N3O2S/c18-14(15-8-10-4-3-7-19-10)16-9-13-17-11-5-1-2-6-12(11)20-13/h1-2,5-6,10H,3-4,7-9H2,(H2,15,16,18)/t10-/m0/s1. The van der Waals surface area contributed by atoms with Crippen LogP contribution in [-0.4, -0.2) is 30.3 Å². The number of carbonyl (C=O) groups is 1. The molecular formula is C14H17N3O2S. The molecule has 1 aliphatic heterocycles. The van der Waals surface area contributed by atoms with E-state index in [1.54, 1.807) is 11.3 Å². The van der Waals surface area contributed by atoms with Gasteiger partial charge in [-0.1, -0.05) is 12.1 Å². The minimum Gasteiger partial charge on any atom is -0.376 e. The number of ether oxygens (including phenoxy) is 1. The second-order valence-electron chi connectivity index (χ2n) is 4.77. The average molecular weight is 291 g/mol. The fourth-order valence-electron chi connectivity index (χ4n) is 2.23. The summed E-state index contributed by atoms with van der Waals surface area (Å²) in [5.41, 5.74) is 0.981. The van der Waals surface area contributed by atoms with Crippen LogP contribution in [-0.2, 0) is 11.3 Å². The number of benzene rings is 1. The molecule has 0 saturated carbocycles. The van der Waals surface area contributed by atoms with E-state index in [1.807, 2.05) is 24.3 Å². The Bertz CT molecular complexity index is 560. The van der Waals surface area contributed by atoms with Crippen LogP contribution in [0.15, 0.2) is 24.3 Å². The minimum absolute atomic E-state index is 0.167. The van der Waals surface area contributed by atoms with Crippen molar-refractivity contribution >= 4 is 27.6 Å². The summed E-state index contributed by atoms with van der Waals surface area (Å²) in [7, 11) is 0. The topological polar surface area (TPSA) is 63.2 Å². The van der Waals surface area contributed by atoms with Crippen molar-refractivity contribution in [3.05, 3.63) is 29.3 Å². The van der Waals surface area contributed by atoms with Crippen LogP contribution in [0.4, 0.5) is 4.79 Å². The normalized spacial score (nSPS) is 18.3. The van der Waals surface area contributed by atoms with Crippen LogP contribution < -0.4 is 10.6 Å². The Morgan fingerprint density at radius 2 is 2.30 bits per heavy atom. The first kappa shape index (κ1) is 13.3. The van der Waals surface area contributed by atoms with E-state index in [4.69, 9.17) is 4.74 Å². The molecule has 2 aromatic rings. The molecule has 5 nitrogen and oxygen atoms in total. The summed E-state index contributed by atoms with van der Waals surface area (Å²) < 4.78 is 6.60. The lowest BCUT2D eigenvalue weighted by Crippen LogP contribution is -2.39. The Kier molecular flexibility index (Phi) is 4.13. The summed E-state index contributed by atoms with van der Waals surface area (Å²) in [5.74, 6) is 0. The number of rotatable bonds is 4. The lowest BCUT2D eigenvalue weighted by Gasteiger charge is -2.11. The van der Waals surface area contributed by atoms with Crippen molar-refractivity contribution in [3.8, 4) is 0 Å². The largest absolute Gasteiger partial charge is 0.376 e. The number of aromatic nitrogens is 1. The van der Waals surface area contributed by atoms with Crippen LogP contribution >= 0.6 is 11.3 Å². The Hall–Kier alpha value is -1.66. The molecule has 20 heavy (non-hydrogen) atoms. The molecule has 1 saturated heterocycles. The number of thiazole rings is 1.